The molecule has 2 aromatic carbocycles. The zero-order valence-corrected chi connectivity index (χ0v) is 12.3. The second-order valence-corrected chi connectivity index (χ2v) is 5.21. The Morgan fingerprint density at radius 3 is 2.43 bits per heavy atom. The molecule has 1 atom stereocenters. The predicted octanol–water partition coefficient (Wildman–Crippen LogP) is 4.09. The molecule has 0 aromatic heterocycles. The number of phenols is 1. The monoisotopic (exact) mass is 286 g/mol. The third kappa shape index (κ3) is 3.31. The Kier molecular flexibility index (Phi) is 4.12. The summed E-state index contributed by atoms with van der Waals surface area (Å²) in [5, 5.41) is 24.2. The molecule has 110 valence electrons. The van der Waals surface area contributed by atoms with Crippen LogP contribution in [0.4, 0.5) is 11.4 Å². The molecule has 0 amide bonds. The highest BCUT2D eigenvalue weighted by atomic mass is 16.6. The summed E-state index contributed by atoms with van der Waals surface area (Å²) in [5.74, 6) is 0.176. The second-order valence-electron chi connectivity index (χ2n) is 5.21. The maximum Gasteiger partial charge on any atom is 0.292 e. The van der Waals surface area contributed by atoms with Crippen molar-refractivity contribution >= 4 is 11.4 Å². The van der Waals surface area contributed by atoms with Crippen molar-refractivity contribution in [1.29, 1.82) is 0 Å². The Morgan fingerprint density at radius 1 is 1.14 bits per heavy atom. The van der Waals surface area contributed by atoms with Gasteiger partial charge >= 0.3 is 0 Å². The number of aryl methyl sites for hydroxylation is 2. The van der Waals surface area contributed by atoms with Gasteiger partial charge in [-0.25, -0.2) is 0 Å². The van der Waals surface area contributed by atoms with Crippen molar-refractivity contribution in [3.8, 4) is 5.75 Å². The van der Waals surface area contributed by atoms with Crippen LogP contribution in [0.5, 0.6) is 5.75 Å². The zero-order chi connectivity index (χ0) is 15.6. The van der Waals surface area contributed by atoms with Crippen molar-refractivity contribution in [3.05, 3.63) is 63.2 Å². The average Bonchev–Trinajstić information content (AvgIpc) is 2.43. The number of nitro benzene ring substituents is 1. The van der Waals surface area contributed by atoms with Crippen molar-refractivity contribution in [2.75, 3.05) is 5.32 Å². The Balaban J connectivity index is 2.33. The lowest BCUT2D eigenvalue weighted by Gasteiger charge is -2.17. The number of nitrogens with zero attached hydrogens (tertiary/aromatic N) is 1. The van der Waals surface area contributed by atoms with E-state index in [9.17, 15) is 15.2 Å². The van der Waals surface area contributed by atoms with Crippen LogP contribution in [0, 0.1) is 24.0 Å². The van der Waals surface area contributed by atoms with Gasteiger partial charge in [-0.2, -0.15) is 0 Å². The molecule has 0 aliphatic carbocycles. The third-order valence-electron chi connectivity index (χ3n) is 3.37. The summed E-state index contributed by atoms with van der Waals surface area (Å²) in [4.78, 5) is 10.7. The van der Waals surface area contributed by atoms with Crippen molar-refractivity contribution < 1.29 is 10.0 Å². The Morgan fingerprint density at radius 2 is 1.76 bits per heavy atom. The molecule has 5 heteroatoms. The van der Waals surface area contributed by atoms with Gasteiger partial charge in [0.1, 0.15) is 11.4 Å². The SMILES string of the molecule is Cc1ccc(O)c(C(C)Nc2ccc(C)cc2[N+](=O)[O-])c1. The van der Waals surface area contributed by atoms with Gasteiger partial charge in [-0.15, -0.1) is 0 Å². The van der Waals surface area contributed by atoms with Crippen molar-refractivity contribution in [3.63, 3.8) is 0 Å². The Bertz CT molecular complexity index is 683. The fraction of sp³-hybridized carbons (Fsp3) is 0.250. The number of hydrogen-bond acceptors (Lipinski definition) is 4. The van der Waals surface area contributed by atoms with Crippen LogP contribution in [-0.4, -0.2) is 10.0 Å². The van der Waals surface area contributed by atoms with E-state index < -0.39 is 4.92 Å². The molecule has 0 radical (unpaired) electrons. The lowest BCUT2D eigenvalue weighted by molar-refractivity contribution is -0.384. The van der Waals surface area contributed by atoms with E-state index in [4.69, 9.17) is 0 Å². The van der Waals surface area contributed by atoms with E-state index >= 15 is 0 Å². The quantitative estimate of drug-likeness (QED) is 0.655. The number of hydrogen-bond donors (Lipinski definition) is 2. The van der Waals surface area contributed by atoms with Crippen LogP contribution < -0.4 is 5.32 Å². The molecule has 1 unspecified atom stereocenters. The van der Waals surface area contributed by atoms with Crippen LogP contribution in [0.25, 0.3) is 0 Å². The summed E-state index contributed by atoms with van der Waals surface area (Å²) in [6.45, 7) is 5.61. The lowest BCUT2D eigenvalue weighted by atomic mass is 10.0. The minimum absolute atomic E-state index is 0.0361. The van der Waals surface area contributed by atoms with Crippen LogP contribution in [0.15, 0.2) is 36.4 Å². The van der Waals surface area contributed by atoms with Crippen molar-refractivity contribution in [2.45, 2.75) is 26.8 Å². The second kappa shape index (κ2) is 5.83. The molecule has 5 nitrogen and oxygen atoms in total. The van der Waals surface area contributed by atoms with Gasteiger partial charge in [0.15, 0.2) is 0 Å². The fourth-order valence-corrected chi connectivity index (χ4v) is 2.25. The number of anilines is 1. The van der Waals surface area contributed by atoms with E-state index in [0.717, 1.165) is 11.1 Å². The van der Waals surface area contributed by atoms with Gasteiger partial charge in [0.2, 0.25) is 0 Å². The van der Waals surface area contributed by atoms with Gasteiger partial charge in [-0.1, -0.05) is 23.8 Å². The highest BCUT2D eigenvalue weighted by Gasteiger charge is 2.17. The van der Waals surface area contributed by atoms with Crippen LogP contribution >= 0.6 is 0 Å². The average molecular weight is 286 g/mol. The molecule has 0 heterocycles. The first kappa shape index (κ1) is 14.8. The molecule has 0 fully saturated rings. The molecule has 0 aliphatic heterocycles. The van der Waals surface area contributed by atoms with Crippen molar-refractivity contribution in [1.82, 2.24) is 0 Å². The highest BCUT2D eigenvalue weighted by Crippen LogP contribution is 2.32. The van der Waals surface area contributed by atoms with Crippen LogP contribution in [0.3, 0.4) is 0 Å². The molecule has 0 aliphatic rings. The first-order valence-corrected chi connectivity index (χ1v) is 6.69. The molecule has 2 rings (SSSR count). The Hall–Kier alpha value is -2.56. The molecular weight excluding hydrogens is 268 g/mol. The molecule has 0 bridgehead atoms. The maximum atomic E-state index is 11.1. The standard InChI is InChI=1S/C16H18N2O3/c1-10-5-7-16(19)13(8-10)12(3)17-14-6-4-11(2)9-15(14)18(20)21/h4-9,12,17,19H,1-3H3. The largest absolute Gasteiger partial charge is 0.508 e. The summed E-state index contributed by atoms with van der Waals surface area (Å²) >= 11 is 0. The van der Waals surface area contributed by atoms with E-state index in [-0.39, 0.29) is 17.5 Å². The van der Waals surface area contributed by atoms with E-state index in [0.29, 0.717) is 11.3 Å². The summed E-state index contributed by atoms with van der Waals surface area (Å²) in [6.07, 6.45) is 0. The van der Waals surface area contributed by atoms with Crippen LogP contribution in [0.1, 0.15) is 29.7 Å². The first-order chi connectivity index (χ1) is 9.88. The van der Waals surface area contributed by atoms with Crippen LogP contribution in [0.2, 0.25) is 0 Å². The summed E-state index contributed by atoms with van der Waals surface area (Å²) < 4.78 is 0. The Labute approximate surface area is 123 Å². The normalized spacial score (nSPS) is 12.0. The van der Waals surface area contributed by atoms with Crippen LogP contribution in [-0.2, 0) is 0 Å². The molecule has 2 N–H and O–H groups in total. The number of rotatable bonds is 4. The van der Waals surface area contributed by atoms with E-state index in [2.05, 4.69) is 5.32 Å². The molecule has 2 aromatic rings. The summed E-state index contributed by atoms with van der Waals surface area (Å²) in [6, 6.07) is 10.1. The highest BCUT2D eigenvalue weighted by molar-refractivity contribution is 5.63. The van der Waals surface area contributed by atoms with Gasteiger partial charge < -0.3 is 10.4 Å². The smallest absolute Gasteiger partial charge is 0.292 e. The fourth-order valence-electron chi connectivity index (χ4n) is 2.25. The van der Waals surface area contributed by atoms with Crippen molar-refractivity contribution in [2.24, 2.45) is 0 Å². The number of nitrogens with one attached hydrogen (secondary N) is 1. The zero-order valence-electron chi connectivity index (χ0n) is 12.3. The topological polar surface area (TPSA) is 75.4 Å². The molecule has 0 saturated carbocycles. The maximum absolute atomic E-state index is 11.1. The van der Waals surface area contributed by atoms with Gasteiger partial charge in [0.05, 0.1) is 11.0 Å². The van der Waals surface area contributed by atoms with Gasteiger partial charge in [-0.05, 0) is 38.5 Å². The van der Waals surface area contributed by atoms with E-state index in [1.807, 2.05) is 39.0 Å². The molecule has 0 saturated heterocycles. The lowest BCUT2D eigenvalue weighted by Crippen LogP contribution is -2.09. The minimum atomic E-state index is -0.405. The van der Waals surface area contributed by atoms with Gasteiger partial charge in [0.25, 0.3) is 5.69 Å². The number of benzene rings is 2. The third-order valence-corrected chi connectivity index (χ3v) is 3.37. The van der Waals surface area contributed by atoms with Gasteiger partial charge in [-0.3, -0.25) is 10.1 Å². The number of phenolic OH excluding ortho intramolecular Hbond substituents is 1. The van der Waals surface area contributed by atoms with Gasteiger partial charge in [0, 0.05) is 11.6 Å². The molecule has 0 spiro atoms. The predicted molar refractivity (Wildman–Crippen MR) is 82.7 cm³/mol. The minimum Gasteiger partial charge on any atom is -0.508 e. The number of nitro groups is 1. The molecule has 21 heavy (non-hydrogen) atoms. The molecular formula is C16H18N2O3. The number of aromatic hydroxyl groups is 1. The van der Waals surface area contributed by atoms with E-state index in [1.165, 1.54) is 6.07 Å². The van der Waals surface area contributed by atoms with E-state index in [1.54, 1.807) is 12.1 Å². The summed E-state index contributed by atoms with van der Waals surface area (Å²) in [7, 11) is 0. The summed E-state index contributed by atoms with van der Waals surface area (Å²) in [5.41, 5.74) is 3.05. The first-order valence-electron chi connectivity index (χ1n) is 6.69.